The summed E-state index contributed by atoms with van der Waals surface area (Å²) in [6, 6.07) is 2.04. The van der Waals surface area contributed by atoms with Gasteiger partial charge in [0.25, 0.3) is 5.56 Å². The molecule has 16 heavy (non-hydrogen) atoms. The standard InChI is InChI=1S/C9H9BrN4O2/c10-7-8(12-5-13-9(7)15)14-1-2-16-6(3-11)4-14/h5-6H,1-2,4H2,(H,12,13,15). The molecule has 1 atom stereocenters. The number of ether oxygens (including phenoxy) is 1. The lowest BCUT2D eigenvalue weighted by Crippen LogP contribution is -2.42. The van der Waals surface area contributed by atoms with Gasteiger partial charge >= 0.3 is 0 Å². The molecular formula is C9H9BrN4O2. The predicted molar refractivity (Wildman–Crippen MR) is 60.1 cm³/mol. The maximum atomic E-state index is 11.4. The second-order valence-electron chi connectivity index (χ2n) is 3.30. The molecule has 1 aliphatic rings. The molecule has 1 fully saturated rings. The van der Waals surface area contributed by atoms with Crippen LogP contribution < -0.4 is 10.5 Å². The average molecular weight is 285 g/mol. The Kier molecular flexibility index (Phi) is 3.22. The number of hydrogen-bond donors (Lipinski definition) is 1. The largest absolute Gasteiger partial charge is 0.360 e. The van der Waals surface area contributed by atoms with Crippen molar-refractivity contribution >= 4 is 21.7 Å². The molecule has 0 aromatic carbocycles. The van der Waals surface area contributed by atoms with Crippen molar-refractivity contribution in [3.63, 3.8) is 0 Å². The summed E-state index contributed by atoms with van der Waals surface area (Å²) in [6.45, 7) is 1.50. The molecule has 1 aromatic rings. The van der Waals surface area contributed by atoms with Crippen LogP contribution >= 0.6 is 15.9 Å². The van der Waals surface area contributed by atoms with Gasteiger partial charge in [-0.3, -0.25) is 4.79 Å². The first kappa shape index (κ1) is 11.1. The average Bonchev–Trinajstić information content (AvgIpc) is 2.33. The van der Waals surface area contributed by atoms with E-state index in [1.807, 2.05) is 11.0 Å². The number of nitrogens with one attached hydrogen (secondary N) is 1. The minimum atomic E-state index is -0.471. The van der Waals surface area contributed by atoms with Crippen molar-refractivity contribution in [2.45, 2.75) is 6.10 Å². The Balaban J connectivity index is 2.27. The zero-order valence-corrected chi connectivity index (χ0v) is 9.90. The molecule has 1 saturated heterocycles. The van der Waals surface area contributed by atoms with Gasteiger partial charge in [-0.1, -0.05) is 0 Å². The van der Waals surface area contributed by atoms with Gasteiger partial charge in [0.15, 0.2) is 11.9 Å². The Morgan fingerprint density at radius 3 is 3.31 bits per heavy atom. The predicted octanol–water partition coefficient (Wildman–Crippen LogP) is 0.261. The zero-order chi connectivity index (χ0) is 11.5. The third-order valence-corrected chi connectivity index (χ3v) is 3.00. The van der Waals surface area contributed by atoms with E-state index in [-0.39, 0.29) is 5.56 Å². The Hall–Kier alpha value is -1.39. The minimum absolute atomic E-state index is 0.231. The highest BCUT2D eigenvalue weighted by Crippen LogP contribution is 2.20. The van der Waals surface area contributed by atoms with E-state index in [0.29, 0.717) is 30.0 Å². The molecule has 0 spiro atoms. The molecular weight excluding hydrogens is 276 g/mol. The lowest BCUT2D eigenvalue weighted by atomic mass is 10.3. The van der Waals surface area contributed by atoms with Gasteiger partial charge in [0, 0.05) is 6.54 Å². The van der Waals surface area contributed by atoms with Gasteiger partial charge in [0.2, 0.25) is 0 Å². The molecule has 84 valence electrons. The molecule has 7 heteroatoms. The van der Waals surface area contributed by atoms with Crippen molar-refractivity contribution in [3.05, 3.63) is 21.2 Å². The Morgan fingerprint density at radius 2 is 2.56 bits per heavy atom. The maximum absolute atomic E-state index is 11.4. The zero-order valence-electron chi connectivity index (χ0n) is 8.31. The monoisotopic (exact) mass is 284 g/mol. The van der Waals surface area contributed by atoms with Crippen LogP contribution in [0.15, 0.2) is 15.6 Å². The first-order valence-electron chi connectivity index (χ1n) is 4.71. The van der Waals surface area contributed by atoms with Crippen LogP contribution in [0.4, 0.5) is 5.82 Å². The highest BCUT2D eigenvalue weighted by molar-refractivity contribution is 9.10. The first-order chi connectivity index (χ1) is 7.72. The maximum Gasteiger partial charge on any atom is 0.267 e. The Labute approximate surface area is 100.0 Å². The summed E-state index contributed by atoms with van der Waals surface area (Å²) in [4.78, 5) is 19.8. The molecule has 1 aliphatic heterocycles. The molecule has 2 heterocycles. The third-order valence-electron chi connectivity index (χ3n) is 2.29. The smallest absolute Gasteiger partial charge is 0.267 e. The first-order valence-corrected chi connectivity index (χ1v) is 5.51. The summed E-state index contributed by atoms with van der Waals surface area (Å²) in [5, 5.41) is 8.78. The molecule has 1 unspecified atom stereocenters. The Morgan fingerprint density at radius 1 is 1.75 bits per heavy atom. The molecule has 1 aromatic heterocycles. The summed E-state index contributed by atoms with van der Waals surface area (Å²) in [5.74, 6) is 0.548. The number of anilines is 1. The number of nitriles is 1. The minimum Gasteiger partial charge on any atom is -0.360 e. The van der Waals surface area contributed by atoms with E-state index in [2.05, 4.69) is 25.9 Å². The number of nitrogens with zero attached hydrogens (tertiary/aromatic N) is 3. The number of aromatic amines is 1. The highest BCUT2D eigenvalue weighted by atomic mass is 79.9. The summed E-state index contributed by atoms with van der Waals surface area (Å²) in [5.41, 5.74) is -0.231. The fourth-order valence-electron chi connectivity index (χ4n) is 1.51. The van der Waals surface area contributed by atoms with Gasteiger partial charge in [0.05, 0.1) is 25.5 Å². The van der Waals surface area contributed by atoms with Crippen LogP contribution in [0.25, 0.3) is 0 Å². The number of hydrogen-bond acceptors (Lipinski definition) is 5. The topological polar surface area (TPSA) is 82.0 Å². The summed E-state index contributed by atoms with van der Waals surface area (Å²) >= 11 is 3.19. The van der Waals surface area contributed by atoms with E-state index < -0.39 is 6.10 Å². The molecule has 0 radical (unpaired) electrons. The fourth-order valence-corrected chi connectivity index (χ4v) is 1.98. The molecule has 6 nitrogen and oxygen atoms in total. The second kappa shape index (κ2) is 4.63. The van der Waals surface area contributed by atoms with Gasteiger partial charge in [0.1, 0.15) is 4.47 Å². The van der Waals surface area contributed by atoms with E-state index in [1.54, 1.807) is 0 Å². The molecule has 0 aliphatic carbocycles. The number of H-pyrrole nitrogens is 1. The van der Waals surface area contributed by atoms with Gasteiger partial charge in [-0.05, 0) is 15.9 Å². The van der Waals surface area contributed by atoms with Crippen LogP contribution in [0, 0.1) is 11.3 Å². The van der Waals surface area contributed by atoms with Crippen LogP contribution in [-0.4, -0.2) is 35.8 Å². The van der Waals surface area contributed by atoms with Crippen molar-refractivity contribution in [3.8, 4) is 6.07 Å². The van der Waals surface area contributed by atoms with Crippen molar-refractivity contribution in [2.75, 3.05) is 24.6 Å². The number of morpholine rings is 1. The Bertz CT molecular complexity index is 481. The van der Waals surface area contributed by atoms with Crippen molar-refractivity contribution in [2.24, 2.45) is 0 Å². The van der Waals surface area contributed by atoms with Gasteiger partial charge in [-0.2, -0.15) is 5.26 Å². The summed E-state index contributed by atoms with van der Waals surface area (Å²) < 4.78 is 5.60. The number of aromatic nitrogens is 2. The van der Waals surface area contributed by atoms with Crippen LogP contribution in [0.3, 0.4) is 0 Å². The molecule has 2 rings (SSSR count). The van der Waals surface area contributed by atoms with Crippen molar-refractivity contribution < 1.29 is 4.74 Å². The van der Waals surface area contributed by atoms with Crippen LogP contribution in [0.5, 0.6) is 0 Å². The van der Waals surface area contributed by atoms with E-state index in [1.165, 1.54) is 6.33 Å². The van der Waals surface area contributed by atoms with Crippen LogP contribution in [-0.2, 0) is 4.74 Å². The molecule has 1 N–H and O–H groups in total. The molecule has 0 saturated carbocycles. The number of rotatable bonds is 1. The van der Waals surface area contributed by atoms with Crippen LogP contribution in [0.2, 0.25) is 0 Å². The molecule has 0 bridgehead atoms. The van der Waals surface area contributed by atoms with Gasteiger partial charge in [-0.25, -0.2) is 4.98 Å². The van der Waals surface area contributed by atoms with Crippen molar-refractivity contribution in [1.82, 2.24) is 9.97 Å². The van der Waals surface area contributed by atoms with E-state index in [4.69, 9.17) is 10.00 Å². The van der Waals surface area contributed by atoms with Crippen LogP contribution in [0.1, 0.15) is 0 Å². The normalized spacial score (nSPS) is 20.5. The summed E-state index contributed by atoms with van der Waals surface area (Å²) in [7, 11) is 0. The van der Waals surface area contributed by atoms with E-state index in [0.717, 1.165) is 0 Å². The SMILES string of the molecule is N#CC1CN(c2nc[nH]c(=O)c2Br)CCO1. The highest BCUT2D eigenvalue weighted by Gasteiger charge is 2.23. The van der Waals surface area contributed by atoms with E-state index >= 15 is 0 Å². The quantitative estimate of drug-likeness (QED) is 0.800. The summed E-state index contributed by atoms with van der Waals surface area (Å²) in [6.07, 6.45) is 0.876. The fraction of sp³-hybridized carbons (Fsp3) is 0.444. The van der Waals surface area contributed by atoms with Crippen molar-refractivity contribution in [1.29, 1.82) is 5.26 Å². The second-order valence-corrected chi connectivity index (χ2v) is 4.10. The van der Waals surface area contributed by atoms with Gasteiger partial charge < -0.3 is 14.6 Å². The van der Waals surface area contributed by atoms with Gasteiger partial charge in [-0.15, -0.1) is 0 Å². The van der Waals surface area contributed by atoms with E-state index in [9.17, 15) is 4.79 Å². The lowest BCUT2D eigenvalue weighted by Gasteiger charge is -2.30. The number of halogens is 1. The lowest BCUT2D eigenvalue weighted by molar-refractivity contribution is 0.0761. The molecule has 0 amide bonds. The third kappa shape index (κ3) is 2.08.